The zero-order chi connectivity index (χ0) is 13.9. The molecule has 2 aromatic rings. The summed E-state index contributed by atoms with van der Waals surface area (Å²) in [5.41, 5.74) is 0.812. The minimum Gasteiger partial charge on any atom is -0.490 e. The van der Waals surface area contributed by atoms with Gasteiger partial charge in [-0.25, -0.2) is 9.78 Å². The Labute approximate surface area is 119 Å². The SMILES string of the molecule is O=C(O)c1csc(Nc2ccc3c(c2)OCCCO3)n1. The minimum absolute atomic E-state index is 0.0341. The van der Waals surface area contributed by atoms with Crippen molar-refractivity contribution in [1.29, 1.82) is 0 Å². The van der Waals surface area contributed by atoms with E-state index < -0.39 is 5.97 Å². The van der Waals surface area contributed by atoms with Gasteiger partial charge in [-0.15, -0.1) is 11.3 Å². The van der Waals surface area contributed by atoms with E-state index in [-0.39, 0.29) is 5.69 Å². The third-order valence-electron chi connectivity index (χ3n) is 2.72. The van der Waals surface area contributed by atoms with Crippen LogP contribution in [0.4, 0.5) is 10.8 Å². The van der Waals surface area contributed by atoms with E-state index in [0.29, 0.717) is 24.1 Å². The number of benzene rings is 1. The Kier molecular flexibility index (Phi) is 3.42. The highest BCUT2D eigenvalue weighted by Crippen LogP contribution is 2.33. The molecule has 0 amide bonds. The third kappa shape index (κ3) is 2.67. The van der Waals surface area contributed by atoms with Crippen molar-refractivity contribution in [3.63, 3.8) is 0 Å². The number of aromatic carboxylic acids is 1. The minimum atomic E-state index is -1.03. The summed E-state index contributed by atoms with van der Waals surface area (Å²) in [5.74, 6) is 0.369. The number of carboxylic acid groups (broad SMARTS) is 1. The number of ether oxygens (including phenoxy) is 2. The van der Waals surface area contributed by atoms with E-state index in [2.05, 4.69) is 10.3 Å². The lowest BCUT2D eigenvalue weighted by Gasteiger charge is -2.09. The summed E-state index contributed by atoms with van der Waals surface area (Å²) in [5, 5.41) is 13.9. The van der Waals surface area contributed by atoms with Crippen LogP contribution >= 0.6 is 11.3 Å². The first-order valence-corrected chi connectivity index (χ1v) is 6.96. The number of nitrogens with zero attached hydrogens (tertiary/aromatic N) is 1. The van der Waals surface area contributed by atoms with Crippen LogP contribution < -0.4 is 14.8 Å². The summed E-state index contributed by atoms with van der Waals surface area (Å²) in [6, 6.07) is 5.49. The molecule has 0 saturated carbocycles. The Bertz CT molecular complexity index is 641. The van der Waals surface area contributed by atoms with Crippen LogP contribution in [0.1, 0.15) is 16.9 Å². The molecule has 0 bridgehead atoms. The average Bonchev–Trinajstić information content (AvgIpc) is 2.77. The van der Waals surface area contributed by atoms with Gasteiger partial charge in [0.15, 0.2) is 22.3 Å². The van der Waals surface area contributed by atoms with Gasteiger partial charge in [0.05, 0.1) is 13.2 Å². The maximum atomic E-state index is 10.8. The number of anilines is 2. The molecule has 0 spiro atoms. The molecular weight excluding hydrogens is 280 g/mol. The van der Waals surface area contributed by atoms with Gasteiger partial charge < -0.3 is 19.9 Å². The van der Waals surface area contributed by atoms with Crippen LogP contribution in [0.25, 0.3) is 0 Å². The van der Waals surface area contributed by atoms with E-state index in [1.165, 1.54) is 16.7 Å². The number of thiazole rings is 1. The summed E-state index contributed by atoms with van der Waals surface area (Å²) >= 11 is 1.24. The van der Waals surface area contributed by atoms with Gasteiger partial charge in [-0.3, -0.25) is 0 Å². The Morgan fingerprint density at radius 3 is 2.85 bits per heavy atom. The summed E-state index contributed by atoms with van der Waals surface area (Å²) in [7, 11) is 0. The first kappa shape index (κ1) is 12.7. The molecule has 0 aliphatic carbocycles. The second-order valence-electron chi connectivity index (χ2n) is 4.18. The Hall–Kier alpha value is -2.28. The predicted octanol–water partition coefficient (Wildman–Crippen LogP) is 2.75. The fraction of sp³-hybridized carbons (Fsp3) is 0.231. The lowest BCUT2D eigenvalue weighted by Crippen LogP contribution is -1.98. The molecule has 7 heteroatoms. The zero-order valence-electron chi connectivity index (χ0n) is 10.5. The molecule has 1 aliphatic heterocycles. The number of hydrogen-bond donors (Lipinski definition) is 2. The molecule has 3 rings (SSSR count). The highest BCUT2D eigenvalue weighted by atomic mass is 32.1. The Morgan fingerprint density at radius 2 is 2.10 bits per heavy atom. The van der Waals surface area contributed by atoms with Crippen LogP contribution in [0, 0.1) is 0 Å². The van der Waals surface area contributed by atoms with Crippen molar-refractivity contribution in [3.8, 4) is 11.5 Å². The van der Waals surface area contributed by atoms with Gasteiger partial charge in [-0.2, -0.15) is 0 Å². The van der Waals surface area contributed by atoms with E-state index in [9.17, 15) is 4.79 Å². The molecule has 0 saturated heterocycles. The Morgan fingerprint density at radius 1 is 1.30 bits per heavy atom. The molecule has 104 valence electrons. The van der Waals surface area contributed by atoms with Crippen LogP contribution in [0.5, 0.6) is 11.5 Å². The van der Waals surface area contributed by atoms with Crippen LogP contribution in [0.3, 0.4) is 0 Å². The summed E-state index contributed by atoms with van der Waals surface area (Å²) in [6.45, 7) is 1.27. The molecular formula is C13H12N2O4S. The first-order valence-electron chi connectivity index (χ1n) is 6.08. The van der Waals surface area contributed by atoms with E-state index >= 15 is 0 Å². The van der Waals surface area contributed by atoms with E-state index in [0.717, 1.165) is 17.9 Å². The molecule has 1 aromatic carbocycles. The molecule has 0 unspecified atom stereocenters. The highest BCUT2D eigenvalue weighted by Gasteiger charge is 2.12. The predicted molar refractivity (Wildman–Crippen MR) is 74.4 cm³/mol. The normalized spacial score (nSPS) is 13.6. The lowest BCUT2D eigenvalue weighted by molar-refractivity contribution is 0.0691. The maximum Gasteiger partial charge on any atom is 0.355 e. The largest absolute Gasteiger partial charge is 0.490 e. The fourth-order valence-electron chi connectivity index (χ4n) is 1.79. The molecule has 0 fully saturated rings. The van der Waals surface area contributed by atoms with Gasteiger partial charge in [-0.1, -0.05) is 0 Å². The van der Waals surface area contributed by atoms with Crippen molar-refractivity contribution in [3.05, 3.63) is 29.3 Å². The van der Waals surface area contributed by atoms with Gasteiger partial charge in [0.1, 0.15) is 0 Å². The van der Waals surface area contributed by atoms with Crippen molar-refractivity contribution in [1.82, 2.24) is 4.98 Å². The monoisotopic (exact) mass is 292 g/mol. The lowest BCUT2D eigenvalue weighted by atomic mass is 10.3. The van der Waals surface area contributed by atoms with Gasteiger partial charge in [0, 0.05) is 23.6 Å². The fourth-order valence-corrected chi connectivity index (χ4v) is 2.50. The average molecular weight is 292 g/mol. The molecule has 0 atom stereocenters. The number of hydrogen-bond acceptors (Lipinski definition) is 6. The molecule has 1 aliphatic rings. The molecule has 1 aromatic heterocycles. The van der Waals surface area contributed by atoms with Crippen LogP contribution in [0.2, 0.25) is 0 Å². The van der Waals surface area contributed by atoms with Crippen LogP contribution in [0.15, 0.2) is 23.6 Å². The maximum absolute atomic E-state index is 10.8. The van der Waals surface area contributed by atoms with Crippen molar-refractivity contribution in [2.45, 2.75) is 6.42 Å². The van der Waals surface area contributed by atoms with Crippen molar-refractivity contribution in [2.75, 3.05) is 18.5 Å². The van der Waals surface area contributed by atoms with Gasteiger partial charge in [0.25, 0.3) is 0 Å². The molecule has 0 radical (unpaired) electrons. The Balaban J connectivity index is 1.80. The first-order chi connectivity index (χ1) is 9.72. The van der Waals surface area contributed by atoms with E-state index in [4.69, 9.17) is 14.6 Å². The summed E-state index contributed by atoms with van der Waals surface area (Å²) < 4.78 is 11.1. The number of nitrogens with one attached hydrogen (secondary N) is 1. The standard InChI is InChI=1S/C13H12N2O4S/c16-12(17)9-7-20-13(15-9)14-8-2-3-10-11(6-8)19-5-1-4-18-10/h2-3,6-7H,1,4-5H2,(H,14,15)(H,16,17). The topological polar surface area (TPSA) is 80.7 Å². The zero-order valence-corrected chi connectivity index (χ0v) is 11.3. The summed E-state index contributed by atoms with van der Waals surface area (Å²) in [6.07, 6.45) is 0.853. The number of aromatic nitrogens is 1. The number of rotatable bonds is 3. The van der Waals surface area contributed by atoms with Crippen molar-refractivity contribution >= 4 is 28.1 Å². The number of fused-ring (bicyclic) bond motifs is 1. The number of carboxylic acids is 1. The quantitative estimate of drug-likeness (QED) is 0.905. The molecule has 6 nitrogen and oxygen atoms in total. The van der Waals surface area contributed by atoms with E-state index in [1.807, 2.05) is 18.2 Å². The number of carbonyl (C=O) groups is 1. The van der Waals surface area contributed by atoms with Gasteiger partial charge >= 0.3 is 5.97 Å². The molecule has 20 heavy (non-hydrogen) atoms. The highest BCUT2D eigenvalue weighted by molar-refractivity contribution is 7.14. The van der Waals surface area contributed by atoms with Crippen LogP contribution in [-0.4, -0.2) is 29.3 Å². The van der Waals surface area contributed by atoms with Crippen molar-refractivity contribution in [2.24, 2.45) is 0 Å². The summed E-state index contributed by atoms with van der Waals surface area (Å²) in [4.78, 5) is 14.7. The van der Waals surface area contributed by atoms with Gasteiger partial charge in [-0.05, 0) is 12.1 Å². The van der Waals surface area contributed by atoms with Crippen LogP contribution in [-0.2, 0) is 0 Å². The molecule has 2 heterocycles. The second kappa shape index (κ2) is 5.38. The third-order valence-corrected chi connectivity index (χ3v) is 3.48. The van der Waals surface area contributed by atoms with Gasteiger partial charge in [0.2, 0.25) is 0 Å². The van der Waals surface area contributed by atoms with E-state index in [1.54, 1.807) is 0 Å². The smallest absolute Gasteiger partial charge is 0.355 e. The second-order valence-corrected chi connectivity index (χ2v) is 5.04. The molecule has 2 N–H and O–H groups in total. The van der Waals surface area contributed by atoms with Crippen molar-refractivity contribution < 1.29 is 19.4 Å².